The molecule has 0 aromatic heterocycles. The van der Waals surface area contributed by atoms with Crippen LogP contribution in [0.2, 0.25) is 0 Å². The molecule has 3 N–H and O–H groups in total. The van der Waals surface area contributed by atoms with Crippen LogP contribution >= 0.6 is 15.6 Å². The Morgan fingerprint density at radius 3 is 0.816 bits per heavy atom. The molecule has 0 aliphatic carbocycles. The highest BCUT2D eigenvalue weighted by Crippen LogP contribution is 2.45. The third-order valence-corrected chi connectivity index (χ3v) is 17.8. The van der Waals surface area contributed by atoms with Crippen molar-refractivity contribution in [1.29, 1.82) is 0 Å². The van der Waals surface area contributed by atoms with Crippen molar-refractivity contribution in [1.82, 2.24) is 0 Å². The second-order valence-corrected chi connectivity index (χ2v) is 29.1. The second kappa shape index (κ2) is 57.9. The normalized spacial score (nSPS) is 14.6. The summed E-state index contributed by atoms with van der Waals surface area (Å²) in [5, 5.41) is 10.6. The van der Waals surface area contributed by atoms with Crippen LogP contribution in [0.4, 0.5) is 0 Å². The van der Waals surface area contributed by atoms with Crippen LogP contribution in [0, 0.1) is 23.7 Å². The van der Waals surface area contributed by atoms with Gasteiger partial charge in [-0.15, -0.1) is 0 Å². The second-order valence-electron chi connectivity index (χ2n) is 26.2. The topological polar surface area (TPSA) is 237 Å². The quantitative estimate of drug-likeness (QED) is 0.0222. The number of phosphoric acid groups is 2. The fourth-order valence-corrected chi connectivity index (χ4v) is 11.7. The van der Waals surface area contributed by atoms with Gasteiger partial charge in [0.15, 0.2) is 12.2 Å². The van der Waals surface area contributed by atoms with E-state index in [1.54, 1.807) is 0 Å². The van der Waals surface area contributed by atoms with Crippen molar-refractivity contribution >= 4 is 39.5 Å². The Bertz CT molecular complexity index is 1730. The van der Waals surface area contributed by atoms with Gasteiger partial charge in [-0.3, -0.25) is 37.3 Å². The summed E-state index contributed by atoms with van der Waals surface area (Å²) in [6, 6.07) is 0. The molecular formula is C68H132O17P2. The number of ether oxygens (including phenoxy) is 4. The van der Waals surface area contributed by atoms with Crippen molar-refractivity contribution in [3.63, 3.8) is 0 Å². The molecule has 516 valence electrons. The summed E-state index contributed by atoms with van der Waals surface area (Å²) in [5.74, 6) is 0.819. The van der Waals surface area contributed by atoms with Crippen molar-refractivity contribution in [2.24, 2.45) is 23.7 Å². The number of unbranched alkanes of at least 4 members (excludes halogenated alkanes) is 30. The van der Waals surface area contributed by atoms with E-state index in [-0.39, 0.29) is 25.7 Å². The molecule has 0 radical (unpaired) electrons. The first-order valence-electron chi connectivity index (χ1n) is 35.2. The van der Waals surface area contributed by atoms with Gasteiger partial charge in [0.05, 0.1) is 26.4 Å². The number of aliphatic hydroxyl groups excluding tert-OH is 1. The minimum atomic E-state index is -4.95. The number of carbonyl (C=O) groups is 4. The number of hydrogen-bond donors (Lipinski definition) is 3. The molecule has 0 spiro atoms. The molecule has 0 bridgehead atoms. The van der Waals surface area contributed by atoms with E-state index in [0.717, 1.165) is 120 Å². The van der Waals surface area contributed by atoms with Crippen molar-refractivity contribution in [3.8, 4) is 0 Å². The maximum Gasteiger partial charge on any atom is 0.472 e. The van der Waals surface area contributed by atoms with Crippen LogP contribution in [0.15, 0.2) is 0 Å². The molecule has 19 heteroatoms. The smallest absolute Gasteiger partial charge is 0.462 e. The summed E-state index contributed by atoms with van der Waals surface area (Å²) in [6.45, 7) is 14.0. The SMILES string of the molecule is CCC(C)CCCCCCCCC(=O)OC[C@H](COP(=O)(O)OC[C@H](O)COP(=O)(O)OC[C@@H](COC(=O)CCCCCCCCCC(C)C)OC(=O)CCCCCCCCCCCCC(C)C)OC(=O)CCCCCCCCCCCCCC(C)C. The van der Waals surface area contributed by atoms with Crippen molar-refractivity contribution in [2.45, 2.75) is 350 Å². The fraction of sp³-hybridized carbons (Fsp3) is 0.941. The number of hydrogen-bond acceptors (Lipinski definition) is 15. The third kappa shape index (κ3) is 61.3. The summed E-state index contributed by atoms with van der Waals surface area (Å²) in [6.07, 6.45) is 39.0. The van der Waals surface area contributed by atoms with Gasteiger partial charge in [-0.05, 0) is 49.4 Å². The van der Waals surface area contributed by atoms with E-state index in [1.165, 1.54) is 122 Å². The van der Waals surface area contributed by atoms with Crippen molar-refractivity contribution < 1.29 is 80.2 Å². The number of rotatable bonds is 65. The standard InChI is InChI=1S/C68H132O17P2/c1-9-61(8)47-39-31-26-27-33-41-49-66(71)79-55-64(85-67(72)50-42-34-23-17-12-10-11-15-20-28-36-44-58(2)3)57-83-87(76,77)81-53-62(69)52-80-86(74,75)82-56-63(54-78-65(70)48-40-32-25-19-22-30-38-46-60(6)7)84-68(73)51-43-35-24-18-14-13-16-21-29-37-45-59(4)5/h58-64,69H,9-57H2,1-8H3,(H,74,75)(H,76,77)/t61?,62-,63-,64-/m1/s1. The summed E-state index contributed by atoms with van der Waals surface area (Å²) in [7, 11) is -9.90. The number of carbonyl (C=O) groups excluding carboxylic acids is 4. The first kappa shape index (κ1) is 85.1. The summed E-state index contributed by atoms with van der Waals surface area (Å²) < 4.78 is 68.2. The van der Waals surface area contributed by atoms with E-state index in [9.17, 15) is 43.2 Å². The lowest BCUT2D eigenvalue weighted by atomic mass is 10.00. The Labute approximate surface area is 530 Å². The van der Waals surface area contributed by atoms with Crippen LogP contribution in [0.3, 0.4) is 0 Å². The molecule has 0 aromatic rings. The lowest BCUT2D eigenvalue weighted by Crippen LogP contribution is -2.30. The van der Waals surface area contributed by atoms with E-state index in [0.29, 0.717) is 31.6 Å². The molecular weight excluding hydrogens is 1150 g/mol. The van der Waals surface area contributed by atoms with E-state index < -0.39 is 97.5 Å². The van der Waals surface area contributed by atoms with Gasteiger partial charge in [0.2, 0.25) is 0 Å². The van der Waals surface area contributed by atoms with E-state index in [4.69, 9.17) is 37.0 Å². The molecule has 0 aliphatic heterocycles. The van der Waals surface area contributed by atoms with Crippen LogP contribution in [-0.4, -0.2) is 96.7 Å². The Hall–Kier alpha value is -1.94. The molecule has 0 heterocycles. The van der Waals surface area contributed by atoms with E-state index >= 15 is 0 Å². The predicted octanol–water partition coefficient (Wildman–Crippen LogP) is 18.9. The first-order valence-corrected chi connectivity index (χ1v) is 38.2. The Morgan fingerprint density at radius 1 is 0.322 bits per heavy atom. The van der Waals surface area contributed by atoms with Crippen molar-refractivity contribution in [2.75, 3.05) is 39.6 Å². The van der Waals surface area contributed by atoms with Gasteiger partial charge in [0.25, 0.3) is 0 Å². The zero-order chi connectivity index (χ0) is 64.7. The minimum absolute atomic E-state index is 0.104. The van der Waals surface area contributed by atoms with E-state index in [1.807, 2.05) is 0 Å². The predicted molar refractivity (Wildman–Crippen MR) is 349 cm³/mol. The van der Waals surface area contributed by atoms with Gasteiger partial charge in [-0.2, -0.15) is 0 Å². The van der Waals surface area contributed by atoms with Crippen LogP contribution in [0.5, 0.6) is 0 Å². The molecule has 17 nitrogen and oxygen atoms in total. The molecule has 0 aliphatic rings. The number of phosphoric ester groups is 2. The zero-order valence-corrected chi connectivity index (χ0v) is 58.4. The van der Waals surface area contributed by atoms with Crippen LogP contribution < -0.4 is 0 Å². The van der Waals surface area contributed by atoms with Crippen molar-refractivity contribution in [3.05, 3.63) is 0 Å². The Balaban J connectivity index is 5.26. The first-order chi connectivity index (χ1) is 41.6. The molecule has 0 amide bonds. The van der Waals surface area contributed by atoms with Gasteiger partial charge < -0.3 is 33.8 Å². The summed E-state index contributed by atoms with van der Waals surface area (Å²) >= 11 is 0. The average molecular weight is 1280 g/mol. The van der Waals surface area contributed by atoms with Crippen LogP contribution in [0.1, 0.15) is 331 Å². The van der Waals surface area contributed by atoms with Gasteiger partial charge in [-0.25, -0.2) is 9.13 Å². The molecule has 0 saturated heterocycles. The Kier molecular flexibility index (Phi) is 56.6. The monoisotopic (exact) mass is 1280 g/mol. The Morgan fingerprint density at radius 2 is 0.552 bits per heavy atom. The maximum atomic E-state index is 13.0. The maximum absolute atomic E-state index is 13.0. The van der Waals surface area contributed by atoms with Crippen LogP contribution in [-0.2, 0) is 65.4 Å². The zero-order valence-electron chi connectivity index (χ0n) is 56.6. The lowest BCUT2D eigenvalue weighted by molar-refractivity contribution is -0.161. The largest absolute Gasteiger partial charge is 0.472 e. The summed E-state index contributed by atoms with van der Waals surface area (Å²) in [5.41, 5.74) is 0. The number of aliphatic hydroxyl groups is 1. The van der Waals surface area contributed by atoms with E-state index in [2.05, 4.69) is 55.4 Å². The van der Waals surface area contributed by atoms with Gasteiger partial charge in [-0.1, -0.05) is 280 Å². The molecule has 3 unspecified atom stereocenters. The molecule has 0 fully saturated rings. The molecule has 0 rings (SSSR count). The summed E-state index contributed by atoms with van der Waals surface area (Å²) in [4.78, 5) is 72.4. The number of esters is 4. The highest BCUT2D eigenvalue weighted by molar-refractivity contribution is 7.47. The molecule has 6 atom stereocenters. The molecule has 0 saturated carbocycles. The molecule has 0 aromatic carbocycles. The highest BCUT2D eigenvalue weighted by Gasteiger charge is 2.30. The average Bonchev–Trinajstić information content (AvgIpc) is 3.49. The minimum Gasteiger partial charge on any atom is -0.462 e. The van der Waals surface area contributed by atoms with Gasteiger partial charge >= 0.3 is 39.5 Å². The van der Waals surface area contributed by atoms with Gasteiger partial charge in [0, 0.05) is 25.7 Å². The van der Waals surface area contributed by atoms with Gasteiger partial charge in [0.1, 0.15) is 19.3 Å². The highest BCUT2D eigenvalue weighted by atomic mass is 31.2. The molecule has 87 heavy (non-hydrogen) atoms. The third-order valence-electron chi connectivity index (χ3n) is 15.9. The lowest BCUT2D eigenvalue weighted by Gasteiger charge is -2.21. The van der Waals surface area contributed by atoms with Crippen LogP contribution in [0.25, 0.3) is 0 Å². The fourth-order valence-electron chi connectivity index (χ4n) is 10.1.